The number of carbonyl (C=O) groups is 1. The Hall–Kier alpha value is -3.32. The smallest absolute Gasteiger partial charge is 0.260 e. The van der Waals surface area contributed by atoms with Crippen molar-refractivity contribution < 1.29 is 14.3 Å². The maximum Gasteiger partial charge on any atom is 0.260 e. The Labute approximate surface area is 167 Å². The van der Waals surface area contributed by atoms with E-state index in [0.717, 1.165) is 33.3 Å². The molecule has 1 aromatic carbocycles. The SMILES string of the molecule is Cn1c(-c2cc3cccnc3[nH]2)cc2cc(OCC(=O)N3CCOCC3)ccc21. The van der Waals surface area contributed by atoms with E-state index in [1.165, 1.54) is 0 Å². The Bertz CT molecular complexity index is 1150. The van der Waals surface area contributed by atoms with E-state index < -0.39 is 0 Å². The van der Waals surface area contributed by atoms with E-state index in [-0.39, 0.29) is 12.5 Å². The van der Waals surface area contributed by atoms with E-state index in [2.05, 4.69) is 26.7 Å². The summed E-state index contributed by atoms with van der Waals surface area (Å²) >= 11 is 0. The molecule has 148 valence electrons. The molecule has 7 nitrogen and oxygen atoms in total. The zero-order chi connectivity index (χ0) is 19.8. The van der Waals surface area contributed by atoms with Gasteiger partial charge in [0.25, 0.3) is 5.91 Å². The highest BCUT2D eigenvalue weighted by atomic mass is 16.5. The number of rotatable bonds is 4. The summed E-state index contributed by atoms with van der Waals surface area (Å²) in [6.07, 6.45) is 1.78. The van der Waals surface area contributed by atoms with Gasteiger partial charge in [-0.2, -0.15) is 0 Å². The first-order chi connectivity index (χ1) is 14.2. The van der Waals surface area contributed by atoms with Gasteiger partial charge in [0.2, 0.25) is 0 Å². The first kappa shape index (κ1) is 17.8. The summed E-state index contributed by atoms with van der Waals surface area (Å²) in [6, 6.07) is 14.1. The fourth-order valence-electron chi connectivity index (χ4n) is 3.82. The third kappa shape index (κ3) is 3.34. The predicted octanol–water partition coefficient (Wildman–Crippen LogP) is 2.96. The molecule has 3 aromatic heterocycles. The lowest BCUT2D eigenvalue weighted by molar-refractivity contribution is -0.137. The molecule has 0 unspecified atom stereocenters. The second-order valence-electron chi connectivity index (χ2n) is 7.22. The van der Waals surface area contributed by atoms with E-state index in [1.54, 1.807) is 11.1 Å². The number of amides is 1. The first-order valence-electron chi connectivity index (χ1n) is 9.71. The Morgan fingerprint density at radius 1 is 1.17 bits per heavy atom. The van der Waals surface area contributed by atoms with Crippen LogP contribution in [0.4, 0.5) is 0 Å². The van der Waals surface area contributed by atoms with Crippen molar-refractivity contribution in [2.24, 2.45) is 7.05 Å². The van der Waals surface area contributed by atoms with Crippen LogP contribution in [0.2, 0.25) is 0 Å². The van der Waals surface area contributed by atoms with Crippen molar-refractivity contribution >= 4 is 27.8 Å². The van der Waals surface area contributed by atoms with Gasteiger partial charge in [0.15, 0.2) is 6.61 Å². The van der Waals surface area contributed by atoms with Crippen LogP contribution < -0.4 is 4.74 Å². The minimum absolute atomic E-state index is 0.00674. The van der Waals surface area contributed by atoms with E-state index in [1.807, 2.05) is 37.4 Å². The number of aromatic amines is 1. The molecule has 0 spiro atoms. The highest BCUT2D eigenvalue weighted by Gasteiger charge is 2.17. The summed E-state index contributed by atoms with van der Waals surface area (Å²) in [5, 5.41) is 2.14. The molecule has 0 bridgehead atoms. The Morgan fingerprint density at radius 3 is 2.86 bits per heavy atom. The molecule has 5 rings (SSSR count). The highest BCUT2D eigenvalue weighted by molar-refractivity contribution is 5.90. The average Bonchev–Trinajstić information content (AvgIpc) is 3.33. The number of morpholine rings is 1. The van der Waals surface area contributed by atoms with Gasteiger partial charge in [0, 0.05) is 42.6 Å². The number of aromatic nitrogens is 3. The number of H-pyrrole nitrogens is 1. The van der Waals surface area contributed by atoms with Gasteiger partial charge in [0.1, 0.15) is 11.4 Å². The molecule has 4 aromatic rings. The fourth-order valence-corrected chi connectivity index (χ4v) is 3.82. The summed E-state index contributed by atoms with van der Waals surface area (Å²) in [5.74, 6) is 0.683. The van der Waals surface area contributed by atoms with Gasteiger partial charge < -0.3 is 23.9 Å². The van der Waals surface area contributed by atoms with Crippen molar-refractivity contribution in [2.75, 3.05) is 32.9 Å². The molecule has 29 heavy (non-hydrogen) atoms. The van der Waals surface area contributed by atoms with Gasteiger partial charge in [0.05, 0.1) is 24.6 Å². The number of benzene rings is 1. The minimum Gasteiger partial charge on any atom is -0.484 e. The van der Waals surface area contributed by atoms with Crippen LogP contribution in [0.5, 0.6) is 5.75 Å². The molecule has 7 heteroatoms. The van der Waals surface area contributed by atoms with E-state index in [9.17, 15) is 4.79 Å². The summed E-state index contributed by atoms with van der Waals surface area (Å²) < 4.78 is 13.2. The molecule has 0 atom stereocenters. The van der Waals surface area contributed by atoms with Crippen molar-refractivity contribution in [3.8, 4) is 17.1 Å². The predicted molar refractivity (Wildman–Crippen MR) is 111 cm³/mol. The second-order valence-corrected chi connectivity index (χ2v) is 7.22. The van der Waals surface area contributed by atoms with Crippen LogP contribution in [0.3, 0.4) is 0 Å². The number of nitrogens with one attached hydrogen (secondary N) is 1. The van der Waals surface area contributed by atoms with E-state index >= 15 is 0 Å². The molecule has 0 radical (unpaired) electrons. The number of hydrogen-bond acceptors (Lipinski definition) is 4. The Morgan fingerprint density at radius 2 is 2.03 bits per heavy atom. The number of fused-ring (bicyclic) bond motifs is 2. The number of pyridine rings is 1. The molecule has 0 aliphatic carbocycles. The number of carbonyl (C=O) groups excluding carboxylic acids is 1. The lowest BCUT2D eigenvalue weighted by Crippen LogP contribution is -2.42. The van der Waals surface area contributed by atoms with Crippen LogP contribution in [0.15, 0.2) is 48.7 Å². The topological polar surface area (TPSA) is 72.4 Å². The normalized spacial score (nSPS) is 14.6. The zero-order valence-electron chi connectivity index (χ0n) is 16.2. The number of nitrogens with zero attached hydrogens (tertiary/aromatic N) is 3. The lowest BCUT2D eigenvalue weighted by Gasteiger charge is -2.26. The minimum atomic E-state index is -0.00674. The summed E-state index contributed by atoms with van der Waals surface area (Å²) in [6.45, 7) is 2.48. The van der Waals surface area contributed by atoms with E-state index in [0.29, 0.717) is 32.1 Å². The molecular weight excluding hydrogens is 368 g/mol. The Balaban J connectivity index is 1.38. The van der Waals surface area contributed by atoms with Crippen molar-refractivity contribution in [3.63, 3.8) is 0 Å². The summed E-state index contributed by atoms with van der Waals surface area (Å²) in [5.41, 5.74) is 4.05. The fraction of sp³-hybridized carbons (Fsp3) is 0.273. The summed E-state index contributed by atoms with van der Waals surface area (Å²) in [4.78, 5) is 21.8. The van der Waals surface area contributed by atoms with E-state index in [4.69, 9.17) is 9.47 Å². The third-order valence-electron chi connectivity index (χ3n) is 5.41. The number of ether oxygens (including phenoxy) is 2. The van der Waals surface area contributed by atoms with Crippen molar-refractivity contribution in [1.29, 1.82) is 0 Å². The maximum atomic E-state index is 12.3. The van der Waals surface area contributed by atoms with Crippen LogP contribution in [0, 0.1) is 0 Å². The molecule has 1 aliphatic heterocycles. The van der Waals surface area contributed by atoms with Crippen molar-refractivity contribution in [3.05, 3.63) is 48.7 Å². The van der Waals surface area contributed by atoms with Crippen LogP contribution >= 0.6 is 0 Å². The van der Waals surface area contributed by atoms with Gasteiger partial charge in [-0.25, -0.2) is 4.98 Å². The molecule has 1 amide bonds. The lowest BCUT2D eigenvalue weighted by atomic mass is 10.2. The highest BCUT2D eigenvalue weighted by Crippen LogP contribution is 2.30. The Kier molecular flexibility index (Phi) is 4.44. The van der Waals surface area contributed by atoms with Crippen LogP contribution in [-0.2, 0) is 16.6 Å². The molecule has 0 saturated carbocycles. The number of hydrogen-bond donors (Lipinski definition) is 1. The van der Waals surface area contributed by atoms with Crippen molar-refractivity contribution in [2.45, 2.75) is 0 Å². The standard InChI is InChI=1S/C22H22N4O3/c1-25-19-5-4-17(29-14-21(27)26-7-9-28-10-8-26)11-16(19)13-20(25)18-12-15-3-2-6-23-22(15)24-18/h2-6,11-13H,7-10,14H2,1H3,(H,23,24). The second kappa shape index (κ2) is 7.25. The summed E-state index contributed by atoms with van der Waals surface area (Å²) in [7, 11) is 2.04. The molecular formula is C22H22N4O3. The molecule has 1 N–H and O–H groups in total. The zero-order valence-corrected chi connectivity index (χ0v) is 16.2. The molecule has 1 fully saturated rings. The monoisotopic (exact) mass is 390 g/mol. The average molecular weight is 390 g/mol. The molecule has 1 aliphatic rings. The van der Waals surface area contributed by atoms with Crippen LogP contribution in [-0.4, -0.2) is 58.3 Å². The van der Waals surface area contributed by atoms with Gasteiger partial charge >= 0.3 is 0 Å². The largest absolute Gasteiger partial charge is 0.484 e. The maximum absolute atomic E-state index is 12.3. The molecule has 4 heterocycles. The third-order valence-corrected chi connectivity index (χ3v) is 5.41. The first-order valence-corrected chi connectivity index (χ1v) is 9.71. The van der Waals surface area contributed by atoms with Crippen LogP contribution in [0.25, 0.3) is 33.3 Å². The van der Waals surface area contributed by atoms with Crippen molar-refractivity contribution in [1.82, 2.24) is 19.4 Å². The quantitative estimate of drug-likeness (QED) is 0.582. The molecule has 1 saturated heterocycles. The van der Waals surface area contributed by atoms with Crippen LogP contribution in [0.1, 0.15) is 0 Å². The van der Waals surface area contributed by atoms with Gasteiger partial charge in [-0.15, -0.1) is 0 Å². The van der Waals surface area contributed by atoms with Gasteiger partial charge in [-0.05, 0) is 42.5 Å². The van der Waals surface area contributed by atoms with Gasteiger partial charge in [-0.1, -0.05) is 0 Å². The van der Waals surface area contributed by atoms with Gasteiger partial charge in [-0.3, -0.25) is 4.79 Å². The number of aryl methyl sites for hydroxylation is 1.